The van der Waals surface area contributed by atoms with Crippen LogP contribution >= 0.6 is 0 Å². The van der Waals surface area contributed by atoms with Crippen molar-refractivity contribution in [2.24, 2.45) is 4.99 Å². The van der Waals surface area contributed by atoms with Crippen LogP contribution in [0.3, 0.4) is 0 Å². The summed E-state index contributed by atoms with van der Waals surface area (Å²) in [6.07, 6.45) is 4.44. The average molecular weight is 251 g/mol. The maximum Gasteiger partial charge on any atom is 0.335 e. The third-order valence-corrected chi connectivity index (χ3v) is 2.72. The molecule has 2 rings (SSSR count). The van der Waals surface area contributed by atoms with Gasteiger partial charge in [-0.05, 0) is 20.8 Å². The summed E-state index contributed by atoms with van der Waals surface area (Å²) < 4.78 is 12.2. The van der Waals surface area contributed by atoms with Crippen LogP contribution in [0.2, 0.25) is 0 Å². The molecule has 1 aromatic heterocycles. The van der Waals surface area contributed by atoms with Crippen LogP contribution in [-0.4, -0.2) is 34.8 Å². The van der Waals surface area contributed by atoms with Gasteiger partial charge in [0, 0.05) is 17.8 Å². The summed E-state index contributed by atoms with van der Waals surface area (Å²) in [4.78, 5) is 15.7. The van der Waals surface area contributed by atoms with Gasteiger partial charge in [0.2, 0.25) is 0 Å². The quantitative estimate of drug-likeness (QED) is 0.760. The predicted octanol–water partition coefficient (Wildman–Crippen LogP) is 1.50. The summed E-state index contributed by atoms with van der Waals surface area (Å²) >= 11 is 0. The van der Waals surface area contributed by atoms with E-state index in [1.54, 1.807) is 13.1 Å². The standard InChI is InChI=1S/C12H17N3O3/c1-4-17-12(16)10-11(18-7-13-10)9-5-14-15(6-9)8(2)3/h5-8,10-11H,4H2,1-3H3. The molecule has 98 valence electrons. The molecular weight excluding hydrogens is 234 g/mol. The van der Waals surface area contributed by atoms with Crippen LogP contribution < -0.4 is 0 Å². The molecule has 1 aromatic rings. The largest absolute Gasteiger partial charge is 0.473 e. The molecule has 2 unspecified atom stereocenters. The van der Waals surface area contributed by atoms with Gasteiger partial charge in [0.05, 0.1) is 12.8 Å². The molecule has 6 heteroatoms. The maximum atomic E-state index is 11.7. The number of esters is 1. The number of hydrogen-bond donors (Lipinski definition) is 0. The number of ether oxygens (including phenoxy) is 2. The highest BCUT2D eigenvalue weighted by Gasteiger charge is 2.36. The highest BCUT2D eigenvalue weighted by atomic mass is 16.5. The molecule has 0 N–H and O–H groups in total. The van der Waals surface area contributed by atoms with Crippen LogP contribution in [0.1, 0.15) is 38.5 Å². The summed E-state index contributed by atoms with van der Waals surface area (Å²) in [5.74, 6) is -0.367. The first-order valence-electron chi connectivity index (χ1n) is 6.01. The van der Waals surface area contributed by atoms with Crippen molar-refractivity contribution in [1.29, 1.82) is 0 Å². The Morgan fingerprint density at radius 1 is 1.61 bits per heavy atom. The minimum atomic E-state index is -0.630. The lowest BCUT2D eigenvalue weighted by molar-refractivity contribution is -0.146. The predicted molar refractivity (Wildman–Crippen MR) is 65.4 cm³/mol. The van der Waals surface area contributed by atoms with E-state index in [0.29, 0.717) is 6.61 Å². The smallest absolute Gasteiger partial charge is 0.335 e. The Balaban J connectivity index is 2.14. The van der Waals surface area contributed by atoms with Crippen LogP contribution in [0.5, 0.6) is 0 Å². The first kappa shape index (κ1) is 12.6. The van der Waals surface area contributed by atoms with E-state index in [1.807, 2.05) is 24.7 Å². The molecular formula is C12H17N3O3. The van der Waals surface area contributed by atoms with Crippen molar-refractivity contribution in [2.75, 3.05) is 6.61 Å². The van der Waals surface area contributed by atoms with Crippen LogP contribution in [0.25, 0.3) is 0 Å². The zero-order valence-corrected chi connectivity index (χ0v) is 10.7. The second-order valence-corrected chi connectivity index (χ2v) is 4.36. The van der Waals surface area contributed by atoms with Gasteiger partial charge in [-0.25, -0.2) is 9.79 Å². The lowest BCUT2D eigenvalue weighted by Gasteiger charge is -2.14. The zero-order valence-electron chi connectivity index (χ0n) is 10.7. The number of rotatable bonds is 4. The molecule has 18 heavy (non-hydrogen) atoms. The van der Waals surface area contributed by atoms with E-state index in [9.17, 15) is 4.79 Å². The Bertz CT molecular complexity index is 453. The molecule has 0 saturated carbocycles. The number of carbonyl (C=O) groups excluding carboxylic acids is 1. The van der Waals surface area contributed by atoms with Crippen molar-refractivity contribution in [2.45, 2.75) is 39.0 Å². The van der Waals surface area contributed by atoms with E-state index in [-0.39, 0.29) is 12.0 Å². The van der Waals surface area contributed by atoms with Crippen molar-refractivity contribution in [3.63, 3.8) is 0 Å². The van der Waals surface area contributed by atoms with E-state index in [0.717, 1.165) is 5.56 Å². The molecule has 1 aliphatic rings. The molecule has 2 heterocycles. The molecule has 0 fully saturated rings. The molecule has 0 saturated heterocycles. The van der Waals surface area contributed by atoms with Crippen molar-refractivity contribution in [3.8, 4) is 0 Å². The van der Waals surface area contributed by atoms with Gasteiger partial charge in [-0.3, -0.25) is 4.68 Å². The van der Waals surface area contributed by atoms with E-state index < -0.39 is 12.1 Å². The zero-order chi connectivity index (χ0) is 13.1. The first-order chi connectivity index (χ1) is 8.63. The summed E-state index contributed by atoms with van der Waals surface area (Å²) in [7, 11) is 0. The van der Waals surface area contributed by atoms with Gasteiger partial charge in [-0.1, -0.05) is 0 Å². The van der Waals surface area contributed by atoms with Gasteiger partial charge in [0.1, 0.15) is 0 Å². The van der Waals surface area contributed by atoms with Crippen LogP contribution in [-0.2, 0) is 14.3 Å². The van der Waals surface area contributed by atoms with Crippen LogP contribution in [0, 0.1) is 0 Å². The Morgan fingerprint density at radius 2 is 2.39 bits per heavy atom. The Labute approximate surface area is 106 Å². The van der Waals surface area contributed by atoms with Gasteiger partial charge >= 0.3 is 5.97 Å². The first-order valence-corrected chi connectivity index (χ1v) is 6.01. The van der Waals surface area contributed by atoms with Gasteiger partial charge in [-0.15, -0.1) is 0 Å². The summed E-state index contributed by atoms with van der Waals surface area (Å²) in [6.45, 7) is 6.17. The van der Waals surface area contributed by atoms with Gasteiger partial charge in [0.15, 0.2) is 18.5 Å². The second kappa shape index (κ2) is 5.20. The number of aliphatic imine (C=N–C) groups is 1. The summed E-state index contributed by atoms with van der Waals surface area (Å²) in [5.41, 5.74) is 0.833. The molecule has 1 aliphatic heterocycles. The third-order valence-electron chi connectivity index (χ3n) is 2.72. The Morgan fingerprint density at radius 3 is 3.00 bits per heavy atom. The third kappa shape index (κ3) is 2.37. The number of hydrogen-bond acceptors (Lipinski definition) is 5. The van der Waals surface area contributed by atoms with Crippen molar-refractivity contribution >= 4 is 12.4 Å². The fourth-order valence-corrected chi connectivity index (χ4v) is 1.77. The monoisotopic (exact) mass is 251 g/mol. The number of carbonyl (C=O) groups is 1. The molecule has 0 aromatic carbocycles. The SMILES string of the molecule is CCOC(=O)C1N=COC1c1cnn(C(C)C)c1. The molecule has 0 bridgehead atoms. The number of aromatic nitrogens is 2. The highest BCUT2D eigenvalue weighted by molar-refractivity contribution is 5.80. The Kier molecular flexibility index (Phi) is 3.64. The molecule has 0 radical (unpaired) electrons. The summed E-state index contributed by atoms with van der Waals surface area (Å²) in [6, 6.07) is -0.364. The van der Waals surface area contributed by atoms with Gasteiger partial charge in [0.25, 0.3) is 0 Å². The lowest BCUT2D eigenvalue weighted by Crippen LogP contribution is -2.26. The average Bonchev–Trinajstić information content (AvgIpc) is 2.98. The minimum Gasteiger partial charge on any atom is -0.473 e. The van der Waals surface area contributed by atoms with E-state index in [2.05, 4.69) is 10.1 Å². The molecule has 6 nitrogen and oxygen atoms in total. The number of nitrogens with zero attached hydrogens (tertiary/aromatic N) is 3. The molecule has 0 spiro atoms. The van der Waals surface area contributed by atoms with Gasteiger partial charge in [-0.2, -0.15) is 5.10 Å². The highest BCUT2D eigenvalue weighted by Crippen LogP contribution is 2.27. The van der Waals surface area contributed by atoms with E-state index >= 15 is 0 Å². The lowest BCUT2D eigenvalue weighted by atomic mass is 10.1. The fourth-order valence-electron chi connectivity index (χ4n) is 1.77. The second-order valence-electron chi connectivity index (χ2n) is 4.36. The van der Waals surface area contributed by atoms with E-state index in [1.165, 1.54) is 6.40 Å². The van der Waals surface area contributed by atoms with Crippen molar-refractivity contribution in [1.82, 2.24) is 9.78 Å². The topological polar surface area (TPSA) is 65.7 Å². The minimum absolute atomic E-state index is 0.266. The van der Waals surface area contributed by atoms with Crippen LogP contribution in [0.4, 0.5) is 0 Å². The molecule has 0 aliphatic carbocycles. The maximum absolute atomic E-state index is 11.7. The van der Waals surface area contributed by atoms with Crippen molar-refractivity contribution < 1.29 is 14.3 Å². The molecule has 2 atom stereocenters. The molecule has 0 amide bonds. The summed E-state index contributed by atoms with van der Waals surface area (Å²) in [5, 5.41) is 4.23. The van der Waals surface area contributed by atoms with Gasteiger partial charge < -0.3 is 9.47 Å². The fraction of sp³-hybridized carbons (Fsp3) is 0.583. The normalized spacial score (nSPS) is 22.2. The Hall–Kier alpha value is -1.85. The van der Waals surface area contributed by atoms with Crippen molar-refractivity contribution in [3.05, 3.63) is 18.0 Å². The van der Waals surface area contributed by atoms with Crippen LogP contribution in [0.15, 0.2) is 17.4 Å². The van der Waals surface area contributed by atoms with E-state index in [4.69, 9.17) is 9.47 Å².